The normalized spacial score (nSPS) is 12.3. The largest absolute Gasteiger partial charge is 0.479 e. The van der Waals surface area contributed by atoms with Crippen molar-refractivity contribution < 1.29 is 9.53 Å². The van der Waals surface area contributed by atoms with Crippen molar-refractivity contribution in [3.8, 4) is 5.75 Å². The number of ether oxygens (including phenoxy) is 1. The molecule has 0 aromatic heterocycles. The Morgan fingerprint density at radius 1 is 1.38 bits per heavy atom. The number of rotatable bonds is 8. The highest BCUT2D eigenvalue weighted by molar-refractivity contribution is 6.32. The Labute approximate surface area is 132 Å². The van der Waals surface area contributed by atoms with Gasteiger partial charge in [-0.25, -0.2) is 0 Å². The Bertz CT molecular complexity index is 462. The standard InChI is InChI=1S/C16H25ClN2O2/c1-4-13(5-2)19-16(20)11(3)21-15-7-6-12(8-9-18)10-14(15)17/h6-7,10-11,13H,4-5,8-9,18H2,1-3H3,(H,19,20). The Morgan fingerprint density at radius 3 is 2.57 bits per heavy atom. The van der Waals surface area contributed by atoms with Crippen molar-refractivity contribution in [2.75, 3.05) is 6.54 Å². The zero-order valence-electron chi connectivity index (χ0n) is 13.0. The van der Waals surface area contributed by atoms with Gasteiger partial charge >= 0.3 is 0 Å². The molecule has 1 aromatic rings. The lowest BCUT2D eigenvalue weighted by atomic mass is 10.1. The second kappa shape index (κ2) is 8.90. The van der Waals surface area contributed by atoms with Crippen LogP contribution in [-0.4, -0.2) is 24.6 Å². The van der Waals surface area contributed by atoms with Crippen LogP contribution in [0.25, 0.3) is 0 Å². The Balaban J connectivity index is 2.65. The molecule has 1 atom stereocenters. The fourth-order valence-corrected chi connectivity index (χ4v) is 2.27. The number of benzene rings is 1. The summed E-state index contributed by atoms with van der Waals surface area (Å²) < 4.78 is 5.65. The second-order valence-corrected chi connectivity index (χ2v) is 5.49. The van der Waals surface area contributed by atoms with E-state index in [1.807, 2.05) is 26.0 Å². The molecule has 0 bridgehead atoms. The van der Waals surface area contributed by atoms with Crippen LogP contribution in [-0.2, 0) is 11.2 Å². The van der Waals surface area contributed by atoms with Crippen molar-refractivity contribution in [3.63, 3.8) is 0 Å². The van der Waals surface area contributed by atoms with Gasteiger partial charge < -0.3 is 15.8 Å². The van der Waals surface area contributed by atoms with Gasteiger partial charge in [0.15, 0.2) is 6.10 Å². The highest BCUT2D eigenvalue weighted by Crippen LogP contribution is 2.26. The SMILES string of the molecule is CCC(CC)NC(=O)C(C)Oc1ccc(CCN)cc1Cl. The van der Waals surface area contributed by atoms with Gasteiger partial charge in [0.1, 0.15) is 5.75 Å². The number of hydrogen-bond acceptors (Lipinski definition) is 3. The zero-order chi connectivity index (χ0) is 15.8. The summed E-state index contributed by atoms with van der Waals surface area (Å²) >= 11 is 6.18. The fraction of sp³-hybridized carbons (Fsp3) is 0.562. The summed E-state index contributed by atoms with van der Waals surface area (Å²) in [5.41, 5.74) is 6.57. The second-order valence-electron chi connectivity index (χ2n) is 5.09. The van der Waals surface area contributed by atoms with Crippen LogP contribution in [0.1, 0.15) is 39.2 Å². The Morgan fingerprint density at radius 2 is 2.05 bits per heavy atom. The van der Waals surface area contributed by atoms with E-state index in [0.29, 0.717) is 17.3 Å². The van der Waals surface area contributed by atoms with E-state index in [1.165, 1.54) is 0 Å². The predicted molar refractivity (Wildman–Crippen MR) is 86.8 cm³/mol. The molecule has 1 unspecified atom stereocenters. The lowest BCUT2D eigenvalue weighted by Crippen LogP contribution is -2.42. The first-order valence-corrected chi connectivity index (χ1v) is 7.85. The van der Waals surface area contributed by atoms with Crippen LogP contribution in [0.4, 0.5) is 0 Å². The van der Waals surface area contributed by atoms with E-state index in [1.54, 1.807) is 13.0 Å². The minimum Gasteiger partial charge on any atom is -0.479 e. The third-order valence-corrected chi connectivity index (χ3v) is 3.73. The molecule has 1 aromatic carbocycles. The highest BCUT2D eigenvalue weighted by atomic mass is 35.5. The third-order valence-electron chi connectivity index (χ3n) is 3.43. The zero-order valence-corrected chi connectivity index (χ0v) is 13.7. The molecule has 0 saturated carbocycles. The van der Waals surface area contributed by atoms with Crippen molar-refractivity contribution >= 4 is 17.5 Å². The topological polar surface area (TPSA) is 64.3 Å². The molecule has 0 aliphatic heterocycles. The van der Waals surface area contributed by atoms with Gasteiger partial charge in [-0.1, -0.05) is 31.5 Å². The van der Waals surface area contributed by atoms with Crippen molar-refractivity contribution in [2.45, 2.75) is 52.2 Å². The molecule has 118 valence electrons. The molecule has 4 nitrogen and oxygen atoms in total. The summed E-state index contributed by atoms with van der Waals surface area (Å²) in [5.74, 6) is 0.399. The lowest BCUT2D eigenvalue weighted by Gasteiger charge is -2.20. The van der Waals surface area contributed by atoms with E-state index in [-0.39, 0.29) is 11.9 Å². The monoisotopic (exact) mass is 312 g/mol. The lowest BCUT2D eigenvalue weighted by molar-refractivity contribution is -0.128. The summed E-state index contributed by atoms with van der Waals surface area (Å²) in [4.78, 5) is 12.1. The molecule has 21 heavy (non-hydrogen) atoms. The Kier molecular flexibility index (Phi) is 7.54. The number of carbonyl (C=O) groups excluding carboxylic acids is 1. The van der Waals surface area contributed by atoms with E-state index >= 15 is 0 Å². The molecule has 0 aliphatic rings. The van der Waals surface area contributed by atoms with Gasteiger partial charge in [0.05, 0.1) is 5.02 Å². The predicted octanol–water partition coefficient (Wildman–Crippen LogP) is 2.91. The molecule has 0 aliphatic carbocycles. The van der Waals surface area contributed by atoms with Gasteiger partial charge in [-0.2, -0.15) is 0 Å². The quantitative estimate of drug-likeness (QED) is 0.775. The van der Waals surface area contributed by atoms with Crippen LogP contribution in [0.15, 0.2) is 18.2 Å². The number of carbonyl (C=O) groups is 1. The van der Waals surface area contributed by atoms with Gasteiger partial charge in [0.2, 0.25) is 0 Å². The molecule has 1 rings (SSSR count). The van der Waals surface area contributed by atoms with Crippen molar-refractivity contribution in [3.05, 3.63) is 28.8 Å². The Hall–Kier alpha value is -1.26. The fourth-order valence-electron chi connectivity index (χ4n) is 2.02. The smallest absolute Gasteiger partial charge is 0.260 e. The number of nitrogens with two attached hydrogens (primary N) is 1. The summed E-state index contributed by atoms with van der Waals surface area (Å²) in [5, 5.41) is 3.47. The number of hydrogen-bond donors (Lipinski definition) is 2. The number of amides is 1. The van der Waals surface area contributed by atoms with E-state index in [0.717, 1.165) is 24.8 Å². The molecule has 0 spiro atoms. The highest BCUT2D eigenvalue weighted by Gasteiger charge is 2.18. The van der Waals surface area contributed by atoms with Crippen molar-refractivity contribution in [2.24, 2.45) is 5.73 Å². The van der Waals surface area contributed by atoms with E-state index in [4.69, 9.17) is 22.1 Å². The molecular weight excluding hydrogens is 288 g/mol. The van der Waals surface area contributed by atoms with Gasteiger partial charge in [-0.05, 0) is 50.4 Å². The third kappa shape index (κ3) is 5.56. The van der Waals surface area contributed by atoms with E-state index in [2.05, 4.69) is 5.32 Å². The maximum atomic E-state index is 12.1. The molecule has 0 saturated heterocycles. The summed E-state index contributed by atoms with van der Waals surface area (Å²) in [6.07, 6.45) is 2.00. The number of halogens is 1. The van der Waals surface area contributed by atoms with Crippen LogP contribution < -0.4 is 15.8 Å². The average Bonchev–Trinajstić information content (AvgIpc) is 2.47. The molecular formula is C16H25ClN2O2. The van der Waals surface area contributed by atoms with Gasteiger partial charge in [-0.3, -0.25) is 4.79 Å². The van der Waals surface area contributed by atoms with Gasteiger partial charge in [0.25, 0.3) is 5.91 Å². The molecule has 3 N–H and O–H groups in total. The van der Waals surface area contributed by atoms with Crippen LogP contribution in [0.3, 0.4) is 0 Å². The summed E-state index contributed by atoms with van der Waals surface area (Å²) in [6, 6.07) is 5.72. The maximum absolute atomic E-state index is 12.1. The van der Waals surface area contributed by atoms with Gasteiger partial charge in [0, 0.05) is 6.04 Å². The van der Waals surface area contributed by atoms with Crippen LogP contribution in [0.5, 0.6) is 5.75 Å². The van der Waals surface area contributed by atoms with Crippen LogP contribution in [0, 0.1) is 0 Å². The molecule has 0 fully saturated rings. The van der Waals surface area contributed by atoms with Crippen LogP contribution in [0.2, 0.25) is 5.02 Å². The minimum atomic E-state index is -0.580. The van der Waals surface area contributed by atoms with E-state index in [9.17, 15) is 4.79 Å². The number of nitrogens with one attached hydrogen (secondary N) is 1. The van der Waals surface area contributed by atoms with E-state index < -0.39 is 6.10 Å². The molecule has 0 heterocycles. The molecule has 1 amide bonds. The van der Waals surface area contributed by atoms with Crippen molar-refractivity contribution in [1.29, 1.82) is 0 Å². The van der Waals surface area contributed by atoms with Crippen LogP contribution >= 0.6 is 11.6 Å². The first-order chi connectivity index (χ1) is 10.0. The molecule has 5 heteroatoms. The first-order valence-electron chi connectivity index (χ1n) is 7.47. The summed E-state index contributed by atoms with van der Waals surface area (Å²) in [7, 11) is 0. The summed E-state index contributed by atoms with van der Waals surface area (Å²) in [6.45, 7) is 6.40. The minimum absolute atomic E-state index is 0.120. The molecule has 0 radical (unpaired) electrons. The average molecular weight is 313 g/mol. The first kappa shape index (κ1) is 17.8. The van der Waals surface area contributed by atoms with Gasteiger partial charge in [-0.15, -0.1) is 0 Å². The maximum Gasteiger partial charge on any atom is 0.260 e. The van der Waals surface area contributed by atoms with Crippen molar-refractivity contribution in [1.82, 2.24) is 5.32 Å².